The molecule has 4 aromatic rings. The Morgan fingerprint density at radius 3 is 2.69 bits per heavy atom. The number of hydrogen-bond donors (Lipinski definition) is 2. The third kappa shape index (κ3) is 4.91. The fourth-order valence-corrected chi connectivity index (χ4v) is 4.53. The molecule has 35 heavy (non-hydrogen) atoms. The number of aryl methyl sites for hydroxylation is 1. The zero-order chi connectivity index (χ0) is 24.4. The van der Waals surface area contributed by atoms with Crippen molar-refractivity contribution in [3.8, 4) is 17.1 Å². The molecule has 9 heteroatoms. The summed E-state index contributed by atoms with van der Waals surface area (Å²) in [5, 5.41) is 13.0. The smallest absolute Gasteiger partial charge is 0.227 e. The maximum Gasteiger partial charge on any atom is 0.227 e. The van der Waals surface area contributed by atoms with Crippen LogP contribution in [0.5, 0.6) is 5.75 Å². The molecule has 1 saturated heterocycles. The van der Waals surface area contributed by atoms with Crippen molar-refractivity contribution >= 4 is 23.0 Å². The molecule has 1 aromatic carbocycles. The number of benzene rings is 1. The van der Waals surface area contributed by atoms with E-state index in [1.165, 1.54) is 0 Å². The molecule has 0 bridgehead atoms. The highest BCUT2D eigenvalue weighted by molar-refractivity contribution is 5.70. The monoisotopic (exact) mass is 473 g/mol. The first-order chi connectivity index (χ1) is 17.0. The Labute approximate surface area is 205 Å². The van der Waals surface area contributed by atoms with Gasteiger partial charge >= 0.3 is 0 Å². The minimum absolute atomic E-state index is 0.302. The van der Waals surface area contributed by atoms with Crippen LogP contribution in [-0.4, -0.2) is 75.3 Å². The molecule has 182 valence electrons. The molecule has 0 saturated carbocycles. The second-order valence-electron chi connectivity index (χ2n) is 8.94. The van der Waals surface area contributed by atoms with Crippen molar-refractivity contribution in [1.82, 2.24) is 24.3 Å². The van der Waals surface area contributed by atoms with E-state index in [0.717, 1.165) is 65.9 Å². The van der Waals surface area contributed by atoms with Crippen molar-refractivity contribution in [3.05, 3.63) is 60.6 Å². The van der Waals surface area contributed by atoms with Gasteiger partial charge in [-0.1, -0.05) is 6.07 Å². The highest BCUT2D eigenvalue weighted by Crippen LogP contribution is 2.32. The second kappa shape index (κ2) is 9.89. The topological polar surface area (TPSA) is 91.0 Å². The number of aliphatic hydroxyl groups excluding tert-OH is 1. The Morgan fingerprint density at radius 1 is 1.09 bits per heavy atom. The Balaban J connectivity index is 1.36. The van der Waals surface area contributed by atoms with E-state index in [1.54, 1.807) is 7.11 Å². The number of fused-ring (bicyclic) bond motifs is 1. The number of methoxy groups -OCH3 is 1. The average Bonchev–Trinajstić information content (AvgIpc) is 3.29. The molecule has 1 fully saturated rings. The van der Waals surface area contributed by atoms with Gasteiger partial charge in [-0.05, 0) is 43.7 Å². The van der Waals surface area contributed by atoms with E-state index < -0.39 is 0 Å². The summed E-state index contributed by atoms with van der Waals surface area (Å²) in [6.07, 6.45) is 5.34. The number of nitrogens with zero attached hydrogens (tertiary/aromatic N) is 6. The summed E-state index contributed by atoms with van der Waals surface area (Å²) in [5.74, 6) is 1.23. The maximum atomic E-state index is 9.65. The lowest BCUT2D eigenvalue weighted by Crippen LogP contribution is -2.48. The number of hydrogen-bond acceptors (Lipinski definition) is 8. The molecule has 1 aliphatic heterocycles. The number of aliphatic hydroxyl groups is 1. The summed E-state index contributed by atoms with van der Waals surface area (Å²) in [6, 6.07) is 12.1. The molecule has 0 radical (unpaired) electrons. The van der Waals surface area contributed by atoms with Gasteiger partial charge < -0.3 is 20.1 Å². The quantitative estimate of drug-likeness (QED) is 0.422. The molecule has 5 rings (SSSR count). The summed E-state index contributed by atoms with van der Waals surface area (Å²) >= 11 is 0. The second-order valence-corrected chi connectivity index (χ2v) is 8.94. The Morgan fingerprint density at radius 2 is 1.91 bits per heavy atom. The van der Waals surface area contributed by atoms with Crippen LogP contribution in [-0.2, 0) is 0 Å². The summed E-state index contributed by atoms with van der Waals surface area (Å²) < 4.78 is 7.73. The maximum absolute atomic E-state index is 9.65. The van der Waals surface area contributed by atoms with Gasteiger partial charge in [0.25, 0.3) is 0 Å². The van der Waals surface area contributed by atoms with Crippen molar-refractivity contribution in [2.24, 2.45) is 0 Å². The highest BCUT2D eigenvalue weighted by atomic mass is 16.5. The molecule has 4 heterocycles. The van der Waals surface area contributed by atoms with Crippen LogP contribution in [0.4, 0.5) is 17.3 Å². The number of aromatic nitrogens is 4. The molecule has 0 spiro atoms. The van der Waals surface area contributed by atoms with Gasteiger partial charge in [0.2, 0.25) is 5.95 Å². The van der Waals surface area contributed by atoms with E-state index >= 15 is 0 Å². The molecule has 9 nitrogen and oxygen atoms in total. The number of piperazine rings is 1. The number of imidazole rings is 1. The third-order valence-corrected chi connectivity index (χ3v) is 6.32. The lowest BCUT2D eigenvalue weighted by atomic mass is 10.2. The lowest BCUT2D eigenvalue weighted by molar-refractivity contribution is 0.122. The summed E-state index contributed by atoms with van der Waals surface area (Å²) in [6.45, 7) is 8.22. The number of ether oxygens (including phenoxy) is 1. The van der Waals surface area contributed by atoms with Crippen LogP contribution in [0, 0.1) is 6.92 Å². The molecular formula is C26H31N7O2. The summed E-state index contributed by atoms with van der Waals surface area (Å²) in [7, 11) is 1.67. The van der Waals surface area contributed by atoms with Gasteiger partial charge in [-0.15, -0.1) is 0 Å². The van der Waals surface area contributed by atoms with Crippen LogP contribution in [0.15, 0.2) is 55.0 Å². The summed E-state index contributed by atoms with van der Waals surface area (Å²) in [5.41, 5.74) is 5.50. The van der Waals surface area contributed by atoms with Gasteiger partial charge in [0.15, 0.2) is 0 Å². The van der Waals surface area contributed by atoms with Gasteiger partial charge in [-0.3, -0.25) is 9.30 Å². The predicted molar refractivity (Wildman–Crippen MR) is 138 cm³/mol. The minimum atomic E-state index is -0.302. The molecule has 1 atom stereocenters. The average molecular weight is 474 g/mol. The Kier molecular flexibility index (Phi) is 6.52. The predicted octanol–water partition coefficient (Wildman–Crippen LogP) is 3.35. The first kappa shape index (κ1) is 23.1. The van der Waals surface area contributed by atoms with Gasteiger partial charge in [0.05, 0.1) is 36.5 Å². The van der Waals surface area contributed by atoms with Crippen LogP contribution >= 0.6 is 0 Å². The van der Waals surface area contributed by atoms with Crippen molar-refractivity contribution < 1.29 is 9.84 Å². The fourth-order valence-electron chi connectivity index (χ4n) is 4.53. The zero-order valence-electron chi connectivity index (χ0n) is 20.3. The summed E-state index contributed by atoms with van der Waals surface area (Å²) in [4.78, 5) is 18.4. The van der Waals surface area contributed by atoms with Crippen LogP contribution in [0.25, 0.3) is 17.0 Å². The SMILES string of the molecule is COc1cc(N2CCN(CC(C)O)CC2)ccc1Nc1ncc(C)c(-c2cnc3ccccn23)n1. The highest BCUT2D eigenvalue weighted by Gasteiger charge is 2.20. The van der Waals surface area contributed by atoms with E-state index in [1.807, 2.05) is 67.2 Å². The van der Waals surface area contributed by atoms with Gasteiger partial charge in [0, 0.05) is 56.9 Å². The largest absolute Gasteiger partial charge is 0.494 e. The molecule has 3 aromatic heterocycles. The Bertz CT molecular complexity index is 1310. The number of anilines is 3. The molecule has 1 unspecified atom stereocenters. The Hall–Kier alpha value is -3.69. The first-order valence-electron chi connectivity index (χ1n) is 11.9. The van der Waals surface area contributed by atoms with Gasteiger partial charge in [-0.2, -0.15) is 0 Å². The number of pyridine rings is 1. The molecular weight excluding hydrogens is 442 g/mol. The van der Waals surface area contributed by atoms with Crippen LogP contribution in [0.2, 0.25) is 0 Å². The number of rotatable bonds is 7. The molecule has 0 aliphatic carbocycles. The van der Waals surface area contributed by atoms with Crippen LogP contribution < -0.4 is 15.0 Å². The van der Waals surface area contributed by atoms with Crippen molar-refractivity contribution in [1.29, 1.82) is 0 Å². The third-order valence-electron chi connectivity index (χ3n) is 6.32. The van der Waals surface area contributed by atoms with Gasteiger partial charge in [-0.25, -0.2) is 15.0 Å². The van der Waals surface area contributed by atoms with Crippen LogP contribution in [0.1, 0.15) is 12.5 Å². The minimum Gasteiger partial charge on any atom is -0.494 e. The number of nitrogens with one attached hydrogen (secondary N) is 1. The normalized spacial score (nSPS) is 15.4. The standard InChI is InChI=1S/C26H31N7O2/c1-18-15-28-26(30-25(18)22-16-27-24-6-4-5-9-33(22)24)29-21-8-7-20(14-23(21)35-3)32-12-10-31(11-13-32)17-19(2)34/h4-9,14-16,19,34H,10-13,17H2,1-3H3,(H,28,29,30). The zero-order valence-corrected chi connectivity index (χ0v) is 20.3. The molecule has 2 N–H and O–H groups in total. The molecule has 1 aliphatic rings. The van der Waals surface area contributed by atoms with E-state index in [-0.39, 0.29) is 6.10 Å². The van der Waals surface area contributed by atoms with Crippen LogP contribution in [0.3, 0.4) is 0 Å². The fraction of sp³-hybridized carbons (Fsp3) is 0.346. The van der Waals surface area contributed by atoms with E-state index in [2.05, 4.69) is 31.2 Å². The van der Waals surface area contributed by atoms with E-state index in [9.17, 15) is 5.11 Å². The van der Waals surface area contributed by atoms with Crippen molar-refractivity contribution in [2.75, 3.05) is 50.1 Å². The van der Waals surface area contributed by atoms with Crippen molar-refractivity contribution in [3.63, 3.8) is 0 Å². The van der Waals surface area contributed by atoms with E-state index in [4.69, 9.17) is 9.72 Å². The van der Waals surface area contributed by atoms with Gasteiger partial charge in [0.1, 0.15) is 11.4 Å². The van der Waals surface area contributed by atoms with E-state index in [0.29, 0.717) is 12.5 Å². The first-order valence-corrected chi connectivity index (χ1v) is 11.9. The number of β-amino-alcohol motifs (C(OH)–C–C–N with tert-alkyl or cyclic N) is 1. The van der Waals surface area contributed by atoms with Crippen molar-refractivity contribution in [2.45, 2.75) is 20.0 Å². The lowest BCUT2D eigenvalue weighted by Gasteiger charge is -2.36. The molecule has 0 amide bonds.